The highest BCUT2D eigenvalue weighted by Gasteiger charge is 1.99. The molecule has 0 bridgehead atoms. The van der Waals surface area contributed by atoms with Gasteiger partial charge in [-0.05, 0) is 6.42 Å². The standard InChI is InChI=1S/C4H10N2S/c1-2-3(7)4(5)6/h3,7H,2H2,1H3,(H3,5,6). The lowest BCUT2D eigenvalue weighted by Gasteiger charge is -2.01. The largest absolute Gasteiger partial charge is 0.387 e. The molecule has 1 unspecified atom stereocenters. The van der Waals surface area contributed by atoms with Gasteiger partial charge in [-0.15, -0.1) is 0 Å². The molecule has 0 aliphatic rings. The molecule has 0 radical (unpaired) electrons. The number of hydrogen-bond acceptors (Lipinski definition) is 2. The van der Waals surface area contributed by atoms with Crippen molar-refractivity contribution in [2.75, 3.05) is 0 Å². The van der Waals surface area contributed by atoms with E-state index in [1.807, 2.05) is 6.92 Å². The Balaban J connectivity index is 3.34. The molecule has 0 aromatic heterocycles. The van der Waals surface area contributed by atoms with Crippen LogP contribution in [0, 0.1) is 5.41 Å². The highest BCUT2D eigenvalue weighted by molar-refractivity contribution is 7.81. The lowest BCUT2D eigenvalue weighted by atomic mass is 10.3. The maximum Gasteiger partial charge on any atom is 0.104 e. The van der Waals surface area contributed by atoms with Gasteiger partial charge in [-0.25, -0.2) is 0 Å². The van der Waals surface area contributed by atoms with Crippen LogP contribution in [0.3, 0.4) is 0 Å². The van der Waals surface area contributed by atoms with Crippen molar-refractivity contribution in [1.82, 2.24) is 0 Å². The summed E-state index contributed by atoms with van der Waals surface area (Å²) in [6.45, 7) is 1.94. The normalized spacial score (nSPS) is 13.4. The molecule has 3 N–H and O–H groups in total. The number of rotatable bonds is 2. The second kappa shape index (κ2) is 2.91. The molecular formula is C4H10N2S. The minimum atomic E-state index is -0.0417. The van der Waals surface area contributed by atoms with Crippen LogP contribution in [-0.2, 0) is 0 Å². The van der Waals surface area contributed by atoms with Crippen LogP contribution in [0.4, 0.5) is 0 Å². The Bertz CT molecular complexity index is 72.1. The number of hydrogen-bond donors (Lipinski definition) is 3. The fourth-order valence-corrected chi connectivity index (χ4v) is 0.220. The molecule has 7 heavy (non-hydrogen) atoms. The van der Waals surface area contributed by atoms with Crippen LogP contribution in [0.25, 0.3) is 0 Å². The summed E-state index contributed by atoms with van der Waals surface area (Å²) in [5.74, 6) is 0.158. The maximum absolute atomic E-state index is 6.80. The van der Waals surface area contributed by atoms with Crippen LogP contribution in [0.5, 0.6) is 0 Å². The van der Waals surface area contributed by atoms with Crippen LogP contribution in [0.2, 0.25) is 0 Å². The lowest BCUT2D eigenvalue weighted by Crippen LogP contribution is -2.21. The summed E-state index contributed by atoms with van der Waals surface area (Å²) in [6.07, 6.45) is 0.832. The fourth-order valence-electron chi connectivity index (χ4n) is 0.220. The van der Waals surface area contributed by atoms with E-state index in [1.54, 1.807) is 0 Å². The Hall–Kier alpha value is -0.180. The van der Waals surface area contributed by atoms with E-state index in [2.05, 4.69) is 12.6 Å². The van der Waals surface area contributed by atoms with E-state index < -0.39 is 0 Å². The van der Waals surface area contributed by atoms with Crippen molar-refractivity contribution in [1.29, 1.82) is 5.41 Å². The van der Waals surface area contributed by atoms with Gasteiger partial charge < -0.3 is 5.73 Å². The van der Waals surface area contributed by atoms with Gasteiger partial charge in [0.15, 0.2) is 0 Å². The van der Waals surface area contributed by atoms with Crippen molar-refractivity contribution in [3.05, 3.63) is 0 Å². The fraction of sp³-hybridized carbons (Fsp3) is 0.750. The quantitative estimate of drug-likeness (QED) is 0.278. The van der Waals surface area contributed by atoms with Gasteiger partial charge in [-0.1, -0.05) is 6.92 Å². The third-order valence-electron chi connectivity index (χ3n) is 0.746. The van der Waals surface area contributed by atoms with Gasteiger partial charge in [-0.2, -0.15) is 12.6 Å². The maximum atomic E-state index is 6.80. The first-order valence-electron chi connectivity index (χ1n) is 2.20. The van der Waals surface area contributed by atoms with E-state index in [0.29, 0.717) is 0 Å². The van der Waals surface area contributed by atoms with Gasteiger partial charge in [0.1, 0.15) is 5.84 Å². The minimum Gasteiger partial charge on any atom is -0.387 e. The summed E-state index contributed by atoms with van der Waals surface area (Å²) in [5, 5.41) is 6.76. The summed E-state index contributed by atoms with van der Waals surface area (Å²) in [6, 6.07) is 0. The van der Waals surface area contributed by atoms with E-state index in [-0.39, 0.29) is 11.1 Å². The molecule has 0 fully saturated rings. The van der Waals surface area contributed by atoms with Gasteiger partial charge >= 0.3 is 0 Å². The number of nitrogens with one attached hydrogen (secondary N) is 1. The van der Waals surface area contributed by atoms with Crippen molar-refractivity contribution >= 4 is 18.5 Å². The van der Waals surface area contributed by atoms with Gasteiger partial charge in [0.05, 0.1) is 5.25 Å². The van der Waals surface area contributed by atoms with Crippen LogP contribution in [0.15, 0.2) is 0 Å². The summed E-state index contributed by atoms with van der Waals surface area (Å²) < 4.78 is 0. The first kappa shape index (κ1) is 6.82. The molecule has 3 heteroatoms. The topological polar surface area (TPSA) is 49.9 Å². The second-order valence-electron chi connectivity index (χ2n) is 1.38. The Morgan fingerprint density at radius 1 is 2.00 bits per heavy atom. The summed E-state index contributed by atoms with van der Waals surface area (Å²) in [7, 11) is 0. The summed E-state index contributed by atoms with van der Waals surface area (Å²) >= 11 is 3.98. The van der Waals surface area contributed by atoms with Crippen molar-refractivity contribution in [2.24, 2.45) is 5.73 Å². The van der Waals surface area contributed by atoms with Crippen LogP contribution in [0.1, 0.15) is 13.3 Å². The molecule has 2 nitrogen and oxygen atoms in total. The van der Waals surface area contributed by atoms with Gasteiger partial charge in [0.25, 0.3) is 0 Å². The average molecular weight is 118 g/mol. The van der Waals surface area contributed by atoms with Crippen molar-refractivity contribution in [3.63, 3.8) is 0 Å². The minimum absolute atomic E-state index is 0.0417. The van der Waals surface area contributed by atoms with Gasteiger partial charge in [0.2, 0.25) is 0 Å². The molecule has 42 valence electrons. The third kappa shape index (κ3) is 2.51. The molecular weight excluding hydrogens is 108 g/mol. The molecule has 0 aliphatic carbocycles. The van der Waals surface area contributed by atoms with Crippen LogP contribution < -0.4 is 5.73 Å². The highest BCUT2D eigenvalue weighted by Crippen LogP contribution is 1.96. The van der Waals surface area contributed by atoms with Gasteiger partial charge in [0, 0.05) is 0 Å². The van der Waals surface area contributed by atoms with Crippen molar-refractivity contribution in [3.8, 4) is 0 Å². The third-order valence-corrected chi connectivity index (χ3v) is 1.39. The van der Waals surface area contributed by atoms with E-state index in [1.165, 1.54) is 0 Å². The predicted molar refractivity (Wildman–Crippen MR) is 35.0 cm³/mol. The monoisotopic (exact) mass is 118 g/mol. The number of thiol groups is 1. The first-order valence-corrected chi connectivity index (χ1v) is 2.72. The molecule has 0 amide bonds. The molecule has 0 rings (SSSR count). The Labute approximate surface area is 49.0 Å². The molecule has 0 aliphatic heterocycles. The van der Waals surface area contributed by atoms with E-state index in [4.69, 9.17) is 11.1 Å². The molecule has 0 saturated carbocycles. The lowest BCUT2D eigenvalue weighted by molar-refractivity contribution is 0.999. The average Bonchev–Trinajstić information content (AvgIpc) is 1.65. The predicted octanol–water partition coefficient (Wildman–Crippen LogP) is 0.631. The Morgan fingerprint density at radius 2 is 2.43 bits per heavy atom. The SMILES string of the molecule is CCC(S)C(=N)N. The van der Waals surface area contributed by atoms with Crippen LogP contribution in [-0.4, -0.2) is 11.1 Å². The van der Waals surface area contributed by atoms with E-state index in [0.717, 1.165) is 6.42 Å². The Kier molecular flexibility index (Phi) is 2.83. The van der Waals surface area contributed by atoms with Gasteiger partial charge in [-0.3, -0.25) is 5.41 Å². The highest BCUT2D eigenvalue weighted by atomic mass is 32.1. The zero-order valence-corrected chi connectivity index (χ0v) is 5.20. The van der Waals surface area contributed by atoms with Crippen molar-refractivity contribution in [2.45, 2.75) is 18.6 Å². The second-order valence-corrected chi connectivity index (χ2v) is 2.00. The zero-order valence-electron chi connectivity index (χ0n) is 4.31. The first-order chi connectivity index (χ1) is 3.18. The summed E-state index contributed by atoms with van der Waals surface area (Å²) in [5.41, 5.74) is 5.05. The molecule has 0 aromatic carbocycles. The molecule has 0 aromatic rings. The molecule has 0 saturated heterocycles. The number of amidine groups is 1. The molecule has 1 atom stereocenters. The zero-order chi connectivity index (χ0) is 5.86. The summed E-state index contributed by atoms with van der Waals surface area (Å²) in [4.78, 5) is 0. The smallest absolute Gasteiger partial charge is 0.104 e. The Morgan fingerprint density at radius 3 is 2.43 bits per heavy atom. The number of nitrogens with two attached hydrogens (primary N) is 1. The molecule has 0 spiro atoms. The van der Waals surface area contributed by atoms with E-state index >= 15 is 0 Å². The van der Waals surface area contributed by atoms with Crippen molar-refractivity contribution < 1.29 is 0 Å². The van der Waals surface area contributed by atoms with Crippen LogP contribution >= 0.6 is 12.6 Å². The van der Waals surface area contributed by atoms with E-state index in [9.17, 15) is 0 Å². The molecule has 0 heterocycles.